The Morgan fingerprint density at radius 2 is 2.08 bits per heavy atom. The van der Waals surface area contributed by atoms with E-state index in [1.165, 1.54) is 0 Å². The van der Waals surface area contributed by atoms with Crippen LogP contribution in [0.25, 0.3) is 0 Å². The van der Waals surface area contributed by atoms with Crippen LogP contribution in [0.4, 0.5) is 0 Å². The molecular formula is C9H20ClNO2. The molecular weight excluding hydrogens is 190 g/mol. The molecule has 0 heterocycles. The van der Waals surface area contributed by atoms with Gasteiger partial charge in [0.05, 0.1) is 6.61 Å². The van der Waals surface area contributed by atoms with Crippen LogP contribution in [0.3, 0.4) is 0 Å². The Kier molecular flexibility index (Phi) is 10.4. The molecule has 0 bridgehead atoms. The van der Waals surface area contributed by atoms with Crippen molar-refractivity contribution < 1.29 is 9.47 Å². The highest BCUT2D eigenvalue weighted by molar-refractivity contribution is 6.17. The van der Waals surface area contributed by atoms with Crippen molar-refractivity contribution in [2.75, 3.05) is 39.9 Å². The Bertz CT molecular complexity index is 97.6. The minimum absolute atomic E-state index is 0.374. The van der Waals surface area contributed by atoms with Gasteiger partial charge in [-0.05, 0) is 19.4 Å². The molecule has 1 unspecified atom stereocenters. The van der Waals surface area contributed by atoms with Crippen LogP contribution in [-0.4, -0.2) is 45.9 Å². The zero-order valence-corrected chi connectivity index (χ0v) is 9.27. The molecule has 0 aromatic heterocycles. The van der Waals surface area contributed by atoms with Crippen molar-refractivity contribution in [2.45, 2.75) is 18.9 Å². The summed E-state index contributed by atoms with van der Waals surface area (Å²) in [5, 5.41) is 3.37. The third kappa shape index (κ3) is 8.50. The lowest BCUT2D eigenvalue weighted by atomic mass is 10.2. The molecule has 0 aromatic rings. The fourth-order valence-electron chi connectivity index (χ4n) is 1.10. The van der Waals surface area contributed by atoms with E-state index < -0.39 is 0 Å². The van der Waals surface area contributed by atoms with E-state index >= 15 is 0 Å². The smallest absolute Gasteiger partial charge is 0.0616 e. The van der Waals surface area contributed by atoms with Gasteiger partial charge in [-0.25, -0.2) is 0 Å². The number of ether oxygens (including phenoxy) is 2. The fourth-order valence-corrected chi connectivity index (χ4v) is 1.36. The van der Waals surface area contributed by atoms with E-state index in [9.17, 15) is 0 Å². The summed E-state index contributed by atoms with van der Waals surface area (Å²) in [7, 11) is 3.42. The normalized spacial score (nSPS) is 13.2. The Morgan fingerprint density at radius 3 is 2.62 bits per heavy atom. The van der Waals surface area contributed by atoms with Crippen LogP contribution in [0.5, 0.6) is 0 Å². The molecule has 0 rings (SSSR count). The third-order valence-corrected chi connectivity index (χ3v) is 2.00. The van der Waals surface area contributed by atoms with Crippen LogP contribution in [0.2, 0.25) is 0 Å². The number of hydrogen-bond donors (Lipinski definition) is 1. The van der Waals surface area contributed by atoms with Crippen LogP contribution in [0, 0.1) is 0 Å². The van der Waals surface area contributed by atoms with Gasteiger partial charge in [0.25, 0.3) is 0 Å². The van der Waals surface area contributed by atoms with Crippen molar-refractivity contribution in [3.8, 4) is 0 Å². The Hall–Kier alpha value is 0.170. The van der Waals surface area contributed by atoms with Gasteiger partial charge in [-0.1, -0.05) is 0 Å². The predicted molar refractivity (Wildman–Crippen MR) is 55.5 cm³/mol. The highest BCUT2D eigenvalue weighted by atomic mass is 35.5. The second-order valence-electron chi connectivity index (χ2n) is 2.93. The first-order valence-electron chi connectivity index (χ1n) is 4.62. The van der Waals surface area contributed by atoms with E-state index in [1.54, 1.807) is 14.2 Å². The zero-order chi connectivity index (χ0) is 9.94. The molecule has 0 radical (unpaired) electrons. The second-order valence-corrected chi connectivity index (χ2v) is 3.31. The quantitative estimate of drug-likeness (QED) is 0.458. The Balaban J connectivity index is 3.33. The average Bonchev–Trinajstić information content (AvgIpc) is 2.13. The van der Waals surface area contributed by atoms with Crippen LogP contribution >= 0.6 is 11.6 Å². The number of rotatable bonds is 9. The summed E-state index contributed by atoms with van der Waals surface area (Å²) in [5.41, 5.74) is 0. The first-order valence-corrected chi connectivity index (χ1v) is 5.15. The van der Waals surface area contributed by atoms with Crippen LogP contribution in [0.15, 0.2) is 0 Å². The number of hydrogen-bond acceptors (Lipinski definition) is 3. The molecule has 4 heteroatoms. The molecule has 0 saturated heterocycles. The number of methoxy groups -OCH3 is 2. The molecule has 0 saturated carbocycles. The highest BCUT2D eigenvalue weighted by Crippen LogP contribution is 1.95. The Labute approximate surface area is 85.7 Å². The lowest BCUT2D eigenvalue weighted by molar-refractivity contribution is 0.159. The van der Waals surface area contributed by atoms with Crippen molar-refractivity contribution in [2.24, 2.45) is 0 Å². The van der Waals surface area contributed by atoms with E-state index in [-0.39, 0.29) is 0 Å². The lowest BCUT2D eigenvalue weighted by Crippen LogP contribution is -2.34. The molecule has 0 aromatic carbocycles. The maximum absolute atomic E-state index is 5.65. The molecule has 0 aliphatic heterocycles. The van der Waals surface area contributed by atoms with Gasteiger partial charge < -0.3 is 14.8 Å². The molecule has 13 heavy (non-hydrogen) atoms. The van der Waals surface area contributed by atoms with Crippen LogP contribution in [0.1, 0.15) is 12.8 Å². The van der Waals surface area contributed by atoms with E-state index in [2.05, 4.69) is 5.32 Å². The molecule has 0 aliphatic carbocycles. The van der Waals surface area contributed by atoms with E-state index in [0.29, 0.717) is 11.9 Å². The van der Waals surface area contributed by atoms with E-state index in [1.807, 2.05) is 0 Å². The molecule has 0 spiro atoms. The van der Waals surface area contributed by atoms with Gasteiger partial charge in [0.15, 0.2) is 0 Å². The second kappa shape index (κ2) is 10.3. The summed E-state index contributed by atoms with van der Waals surface area (Å²) in [5.74, 6) is 0.672. The largest absolute Gasteiger partial charge is 0.385 e. The molecule has 0 fully saturated rings. The van der Waals surface area contributed by atoms with Gasteiger partial charge in [-0.2, -0.15) is 0 Å². The van der Waals surface area contributed by atoms with Crippen molar-refractivity contribution in [1.29, 1.82) is 0 Å². The molecule has 0 aliphatic rings. The predicted octanol–water partition coefficient (Wildman–Crippen LogP) is 1.26. The van der Waals surface area contributed by atoms with Crippen molar-refractivity contribution in [1.82, 2.24) is 5.32 Å². The number of nitrogens with one attached hydrogen (secondary N) is 1. The standard InChI is InChI=1S/C9H20ClNO2/c1-12-7-3-6-11-9(4-5-10)8-13-2/h9,11H,3-8H2,1-2H3. The maximum Gasteiger partial charge on any atom is 0.0616 e. The lowest BCUT2D eigenvalue weighted by Gasteiger charge is -2.16. The highest BCUT2D eigenvalue weighted by Gasteiger charge is 2.05. The monoisotopic (exact) mass is 209 g/mol. The minimum Gasteiger partial charge on any atom is -0.385 e. The fraction of sp³-hybridized carbons (Fsp3) is 1.00. The van der Waals surface area contributed by atoms with Crippen molar-refractivity contribution in [3.05, 3.63) is 0 Å². The van der Waals surface area contributed by atoms with Gasteiger partial charge in [-0.3, -0.25) is 0 Å². The van der Waals surface area contributed by atoms with Crippen LogP contribution in [-0.2, 0) is 9.47 Å². The summed E-state index contributed by atoms with van der Waals surface area (Å²) in [4.78, 5) is 0. The summed E-state index contributed by atoms with van der Waals surface area (Å²) in [6.45, 7) is 2.48. The zero-order valence-electron chi connectivity index (χ0n) is 8.51. The van der Waals surface area contributed by atoms with Gasteiger partial charge in [0.1, 0.15) is 0 Å². The number of alkyl halides is 1. The summed E-state index contributed by atoms with van der Waals surface area (Å²) >= 11 is 5.65. The molecule has 1 N–H and O–H groups in total. The van der Waals surface area contributed by atoms with Gasteiger partial charge in [-0.15, -0.1) is 11.6 Å². The molecule has 0 amide bonds. The molecule has 80 valence electrons. The van der Waals surface area contributed by atoms with Gasteiger partial charge in [0.2, 0.25) is 0 Å². The molecule has 1 atom stereocenters. The first kappa shape index (κ1) is 13.2. The van der Waals surface area contributed by atoms with Gasteiger partial charge >= 0.3 is 0 Å². The summed E-state index contributed by atoms with van der Waals surface area (Å²) in [6, 6.07) is 0.374. The van der Waals surface area contributed by atoms with Crippen molar-refractivity contribution >= 4 is 11.6 Å². The van der Waals surface area contributed by atoms with E-state index in [4.69, 9.17) is 21.1 Å². The first-order chi connectivity index (χ1) is 6.35. The minimum atomic E-state index is 0.374. The summed E-state index contributed by atoms with van der Waals surface area (Å²) < 4.78 is 10.0. The van der Waals surface area contributed by atoms with E-state index in [0.717, 1.165) is 32.6 Å². The van der Waals surface area contributed by atoms with Crippen molar-refractivity contribution in [3.63, 3.8) is 0 Å². The van der Waals surface area contributed by atoms with Gasteiger partial charge in [0, 0.05) is 32.7 Å². The third-order valence-electron chi connectivity index (χ3n) is 1.78. The maximum atomic E-state index is 5.65. The average molecular weight is 210 g/mol. The van der Waals surface area contributed by atoms with Crippen LogP contribution < -0.4 is 5.32 Å². The number of halogens is 1. The SMILES string of the molecule is COCCCNC(CCCl)COC. The molecule has 3 nitrogen and oxygen atoms in total. The Morgan fingerprint density at radius 1 is 1.31 bits per heavy atom. The topological polar surface area (TPSA) is 30.5 Å². The summed E-state index contributed by atoms with van der Waals surface area (Å²) in [6.07, 6.45) is 1.97.